The molecule has 7 heteroatoms. The number of anilines is 3. The quantitative estimate of drug-likeness (QED) is 0.561. The van der Waals surface area contributed by atoms with Crippen molar-refractivity contribution in [3.63, 3.8) is 0 Å². The second-order valence-electron chi connectivity index (χ2n) is 6.11. The summed E-state index contributed by atoms with van der Waals surface area (Å²) in [6.07, 6.45) is 6.87. The van der Waals surface area contributed by atoms with Crippen molar-refractivity contribution in [3.8, 4) is 0 Å². The number of aryl methyl sites for hydroxylation is 1. The summed E-state index contributed by atoms with van der Waals surface area (Å²) >= 11 is 0. The van der Waals surface area contributed by atoms with Gasteiger partial charge in [0.1, 0.15) is 17.4 Å². The molecule has 0 radical (unpaired) electrons. The average Bonchev–Trinajstić information content (AvgIpc) is 3.09. The van der Waals surface area contributed by atoms with Crippen LogP contribution in [0.2, 0.25) is 0 Å². The molecule has 27 heavy (non-hydrogen) atoms. The van der Waals surface area contributed by atoms with Gasteiger partial charge < -0.3 is 15.5 Å². The van der Waals surface area contributed by atoms with Crippen molar-refractivity contribution in [2.75, 3.05) is 11.1 Å². The molecule has 0 spiro atoms. The number of aromatic nitrogens is 4. The van der Waals surface area contributed by atoms with Gasteiger partial charge in [0.15, 0.2) is 0 Å². The highest BCUT2D eigenvalue weighted by atomic mass is 16.4. The second-order valence-corrected chi connectivity index (χ2v) is 6.11. The molecule has 0 bridgehead atoms. The van der Waals surface area contributed by atoms with Crippen LogP contribution in [-0.4, -0.2) is 19.9 Å². The summed E-state index contributed by atoms with van der Waals surface area (Å²) in [5, 5.41) is 3.24. The summed E-state index contributed by atoms with van der Waals surface area (Å²) < 4.78 is 5.60. The van der Waals surface area contributed by atoms with Gasteiger partial charge in [-0.05, 0) is 54.4 Å². The Labute approximate surface area is 156 Å². The zero-order chi connectivity index (χ0) is 18.6. The Morgan fingerprint density at radius 2 is 1.85 bits per heavy atom. The van der Waals surface area contributed by atoms with E-state index in [4.69, 9.17) is 15.1 Å². The van der Waals surface area contributed by atoms with Crippen LogP contribution in [0.25, 0.3) is 0 Å². The van der Waals surface area contributed by atoms with Crippen LogP contribution in [0, 0.1) is 6.92 Å². The van der Waals surface area contributed by atoms with Crippen LogP contribution in [0.1, 0.15) is 28.5 Å². The Balaban J connectivity index is 1.72. The molecule has 1 unspecified atom stereocenters. The minimum Gasteiger partial charge on any atom is -0.428 e. The summed E-state index contributed by atoms with van der Waals surface area (Å²) in [6.45, 7) is 2.02. The van der Waals surface area contributed by atoms with Crippen LogP contribution < -0.4 is 11.1 Å². The molecule has 1 atom stereocenters. The topological polar surface area (TPSA) is 103 Å². The van der Waals surface area contributed by atoms with E-state index in [-0.39, 0.29) is 11.9 Å². The number of nitrogen functional groups attached to an aromatic ring is 1. The maximum Gasteiger partial charge on any atom is 0.292 e. The Morgan fingerprint density at radius 1 is 1.00 bits per heavy atom. The van der Waals surface area contributed by atoms with Crippen molar-refractivity contribution in [1.82, 2.24) is 19.9 Å². The molecule has 0 saturated carbocycles. The first-order chi connectivity index (χ1) is 13.2. The first kappa shape index (κ1) is 16.7. The van der Waals surface area contributed by atoms with Crippen molar-refractivity contribution in [2.24, 2.45) is 0 Å². The maximum atomic E-state index is 5.69. The number of nitrogens with zero attached hydrogens (tertiary/aromatic N) is 4. The van der Waals surface area contributed by atoms with Crippen molar-refractivity contribution in [1.29, 1.82) is 0 Å². The van der Waals surface area contributed by atoms with Gasteiger partial charge in [-0.3, -0.25) is 4.98 Å². The molecule has 0 aliphatic heterocycles. The largest absolute Gasteiger partial charge is 0.428 e. The van der Waals surface area contributed by atoms with E-state index in [0.717, 1.165) is 22.6 Å². The summed E-state index contributed by atoms with van der Waals surface area (Å²) in [5.74, 6) is 1.81. The Kier molecular flexibility index (Phi) is 4.49. The van der Waals surface area contributed by atoms with Gasteiger partial charge in [0.2, 0.25) is 0 Å². The average molecular weight is 358 g/mol. The summed E-state index contributed by atoms with van der Waals surface area (Å²) in [4.78, 5) is 17.2. The molecule has 0 amide bonds. The zero-order valence-corrected chi connectivity index (χ0v) is 14.7. The van der Waals surface area contributed by atoms with Crippen LogP contribution >= 0.6 is 0 Å². The minimum atomic E-state index is -0.245. The van der Waals surface area contributed by atoms with E-state index < -0.39 is 0 Å². The first-order valence-electron chi connectivity index (χ1n) is 8.47. The van der Waals surface area contributed by atoms with E-state index in [1.165, 1.54) is 0 Å². The highest BCUT2D eigenvalue weighted by Gasteiger charge is 2.22. The lowest BCUT2D eigenvalue weighted by Crippen LogP contribution is -2.06. The fourth-order valence-corrected chi connectivity index (χ4v) is 2.89. The van der Waals surface area contributed by atoms with Crippen molar-refractivity contribution < 1.29 is 4.42 Å². The summed E-state index contributed by atoms with van der Waals surface area (Å²) in [5.41, 5.74) is 8.59. The van der Waals surface area contributed by atoms with Gasteiger partial charge in [-0.1, -0.05) is 6.07 Å². The van der Waals surface area contributed by atoms with E-state index >= 15 is 0 Å². The van der Waals surface area contributed by atoms with Gasteiger partial charge in [-0.2, -0.15) is 0 Å². The Bertz CT molecular complexity index is 1050. The van der Waals surface area contributed by atoms with E-state index in [2.05, 4.69) is 20.3 Å². The predicted octanol–water partition coefficient (Wildman–Crippen LogP) is 3.67. The monoisotopic (exact) mass is 358 g/mol. The Hall–Kier alpha value is -3.74. The third-order valence-electron chi connectivity index (χ3n) is 4.10. The lowest BCUT2D eigenvalue weighted by molar-refractivity contribution is 0.514. The standard InChI is InChI=1S/C20H18N6O/c1-13-5-10-23-18(11-13)26-17-4-2-3-15(25-17)19(14-6-8-22-9-7-14)16-12-24-20(21)27-16/h2-12,19H,1H3,(H2,21,24)(H,23,25,26). The number of nitrogens with two attached hydrogens (primary N) is 1. The highest BCUT2D eigenvalue weighted by molar-refractivity contribution is 5.53. The fourth-order valence-electron chi connectivity index (χ4n) is 2.89. The van der Waals surface area contributed by atoms with Crippen molar-refractivity contribution in [3.05, 3.63) is 89.8 Å². The van der Waals surface area contributed by atoms with Gasteiger partial charge in [-0.25, -0.2) is 15.0 Å². The number of hydrogen-bond donors (Lipinski definition) is 2. The predicted molar refractivity (Wildman–Crippen MR) is 103 cm³/mol. The van der Waals surface area contributed by atoms with Crippen LogP contribution in [0.15, 0.2) is 71.7 Å². The second kappa shape index (κ2) is 7.25. The number of hydrogen-bond acceptors (Lipinski definition) is 7. The van der Waals surface area contributed by atoms with Gasteiger partial charge in [-0.15, -0.1) is 0 Å². The summed E-state index contributed by atoms with van der Waals surface area (Å²) in [7, 11) is 0. The van der Waals surface area contributed by atoms with E-state index in [0.29, 0.717) is 11.6 Å². The normalized spacial score (nSPS) is 11.9. The lowest BCUT2D eigenvalue weighted by Gasteiger charge is -2.15. The van der Waals surface area contributed by atoms with Crippen LogP contribution in [0.4, 0.5) is 17.7 Å². The lowest BCUT2D eigenvalue weighted by atomic mass is 9.94. The van der Waals surface area contributed by atoms with E-state index in [1.807, 2.05) is 49.4 Å². The smallest absolute Gasteiger partial charge is 0.292 e. The molecule has 0 aliphatic rings. The maximum absolute atomic E-state index is 5.69. The molecule has 0 fully saturated rings. The van der Waals surface area contributed by atoms with Gasteiger partial charge in [0, 0.05) is 18.6 Å². The third kappa shape index (κ3) is 3.77. The molecule has 134 valence electrons. The number of nitrogens with one attached hydrogen (secondary N) is 1. The van der Waals surface area contributed by atoms with Crippen LogP contribution in [0.5, 0.6) is 0 Å². The fraction of sp³-hybridized carbons (Fsp3) is 0.100. The van der Waals surface area contributed by atoms with Crippen molar-refractivity contribution in [2.45, 2.75) is 12.8 Å². The number of rotatable bonds is 5. The van der Waals surface area contributed by atoms with E-state index in [1.54, 1.807) is 24.8 Å². The molecule has 4 rings (SSSR count). The molecule has 0 saturated heterocycles. The summed E-state index contributed by atoms with van der Waals surface area (Å²) in [6, 6.07) is 13.7. The molecule has 0 aliphatic carbocycles. The molecule has 4 aromatic rings. The first-order valence-corrected chi connectivity index (χ1v) is 8.47. The zero-order valence-electron chi connectivity index (χ0n) is 14.7. The van der Waals surface area contributed by atoms with Crippen molar-refractivity contribution >= 4 is 17.7 Å². The SMILES string of the molecule is Cc1ccnc(Nc2cccc(C(c3ccncc3)c3cnc(N)o3)n2)c1. The number of pyridine rings is 3. The molecule has 3 N–H and O–H groups in total. The van der Waals surface area contributed by atoms with Gasteiger partial charge in [0.05, 0.1) is 17.8 Å². The third-order valence-corrected chi connectivity index (χ3v) is 4.10. The highest BCUT2D eigenvalue weighted by Crippen LogP contribution is 2.32. The van der Waals surface area contributed by atoms with E-state index in [9.17, 15) is 0 Å². The minimum absolute atomic E-state index is 0.127. The van der Waals surface area contributed by atoms with Gasteiger partial charge in [0.25, 0.3) is 6.01 Å². The van der Waals surface area contributed by atoms with Crippen LogP contribution in [0.3, 0.4) is 0 Å². The molecule has 4 heterocycles. The molecule has 0 aromatic carbocycles. The van der Waals surface area contributed by atoms with Gasteiger partial charge >= 0.3 is 0 Å². The molecular formula is C20H18N6O. The molecule has 7 nitrogen and oxygen atoms in total. The molecular weight excluding hydrogens is 340 g/mol. The van der Waals surface area contributed by atoms with Crippen LogP contribution in [-0.2, 0) is 0 Å². The number of oxazole rings is 1. The molecule has 4 aromatic heterocycles. The Morgan fingerprint density at radius 3 is 2.59 bits per heavy atom.